The van der Waals surface area contributed by atoms with Crippen LogP contribution in [-0.2, 0) is 10.2 Å². The maximum Gasteiger partial charge on any atom is 0.282 e. The van der Waals surface area contributed by atoms with E-state index < -0.39 is 10.2 Å². The van der Waals surface area contributed by atoms with E-state index in [1.807, 2.05) is 0 Å². The van der Waals surface area contributed by atoms with Gasteiger partial charge in [-0.1, -0.05) is 15.9 Å². The summed E-state index contributed by atoms with van der Waals surface area (Å²) in [6, 6.07) is 0. The van der Waals surface area contributed by atoms with Crippen LogP contribution in [0.2, 0.25) is 0 Å². The van der Waals surface area contributed by atoms with Gasteiger partial charge in [0, 0.05) is 31.0 Å². The molecular weight excluding hydrogens is 280 g/mol. The van der Waals surface area contributed by atoms with Gasteiger partial charge in [0.05, 0.1) is 0 Å². The first-order chi connectivity index (χ1) is 7.10. The second-order valence-corrected chi connectivity index (χ2v) is 7.43. The van der Waals surface area contributed by atoms with Crippen molar-refractivity contribution in [2.75, 3.05) is 26.2 Å². The van der Waals surface area contributed by atoms with Crippen molar-refractivity contribution in [2.24, 2.45) is 0 Å². The largest absolute Gasteiger partial charge is 0.282 e. The van der Waals surface area contributed by atoms with Crippen molar-refractivity contribution in [1.29, 1.82) is 0 Å². The molecule has 0 radical (unpaired) electrons. The predicted octanol–water partition coefficient (Wildman–Crippen LogP) is 1.19. The molecular formula is C9H17BrN2O2S. The molecule has 0 aliphatic carbocycles. The molecule has 0 amide bonds. The highest BCUT2D eigenvalue weighted by Gasteiger charge is 2.34. The number of alkyl halides is 1. The van der Waals surface area contributed by atoms with Crippen LogP contribution in [0.25, 0.3) is 0 Å². The van der Waals surface area contributed by atoms with Gasteiger partial charge in [-0.25, -0.2) is 0 Å². The molecule has 0 N–H and O–H groups in total. The lowest BCUT2D eigenvalue weighted by molar-refractivity contribution is 0.323. The van der Waals surface area contributed by atoms with Gasteiger partial charge >= 0.3 is 0 Å². The number of hydrogen-bond donors (Lipinski definition) is 0. The number of nitrogens with zero attached hydrogens (tertiary/aromatic N) is 2. The molecule has 1 unspecified atom stereocenters. The minimum Gasteiger partial charge on any atom is -0.195 e. The third-order valence-corrected chi connectivity index (χ3v) is 5.79. The van der Waals surface area contributed by atoms with Crippen LogP contribution in [0.4, 0.5) is 0 Å². The second-order valence-electron chi connectivity index (χ2n) is 4.21. The molecule has 0 bridgehead atoms. The Morgan fingerprint density at radius 2 is 1.60 bits per heavy atom. The minimum absolute atomic E-state index is 0.323. The van der Waals surface area contributed by atoms with Crippen molar-refractivity contribution in [1.82, 2.24) is 8.61 Å². The lowest BCUT2D eigenvalue weighted by Gasteiger charge is -2.32. The molecule has 0 spiro atoms. The molecule has 0 saturated carbocycles. The first-order valence-electron chi connectivity index (χ1n) is 5.50. The zero-order valence-electron chi connectivity index (χ0n) is 8.73. The topological polar surface area (TPSA) is 40.6 Å². The maximum atomic E-state index is 12.2. The summed E-state index contributed by atoms with van der Waals surface area (Å²) >= 11 is 3.51. The summed E-state index contributed by atoms with van der Waals surface area (Å²) < 4.78 is 27.6. The fraction of sp³-hybridized carbons (Fsp3) is 1.00. The van der Waals surface area contributed by atoms with Crippen LogP contribution in [0.5, 0.6) is 0 Å². The Bertz CT molecular complexity index is 314. The fourth-order valence-electron chi connectivity index (χ4n) is 2.18. The Morgan fingerprint density at radius 3 is 2.20 bits per heavy atom. The van der Waals surface area contributed by atoms with Crippen molar-refractivity contribution in [3.05, 3.63) is 0 Å². The molecule has 6 heteroatoms. The van der Waals surface area contributed by atoms with Gasteiger partial charge in [-0.15, -0.1) is 0 Å². The SMILES string of the molecule is O=S(=O)(N1CCCC1)N1CCCC(Br)C1. The number of rotatable bonds is 2. The van der Waals surface area contributed by atoms with E-state index in [2.05, 4.69) is 15.9 Å². The van der Waals surface area contributed by atoms with Crippen molar-refractivity contribution in [2.45, 2.75) is 30.5 Å². The fourth-order valence-corrected chi connectivity index (χ4v) is 4.82. The zero-order chi connectivity index (χ0) is 10.9. The summed E-state index contributed by atoms with van der Waals surface area (Å²) in [4.78, 5) is 0.323. The van der Waals surface area contributed by atoms with Gasteiger partial charge in [-0.2, -0.15) is 17.0 Å². The molecule has 88 valence electrons. The third-order valence-electron chi connectivity index (χ3n) is 3.04. The molecule has 2 heterocycles. The van der Waals surface area contributed by atoms with Crippen LogP contribution < -0.4 is 0 Å². The van der Waals surface area contributed by atoms with Crippen LogP contribution in [0.1, 0.15) is 25.7 Å². The van der Waals surface area contributed by atoms with Crippen LogP contribution in [0.15, 0.2) is 0 Å². The lowest BCUT2D eigenvalue weighted by atomic mass is 10.2. The Morgan fingerprint density at radius 1 is 1.00 bits per heavy atom. The molecule has 15 heavy (non-hydrogen) atoms. The molecule has 0 aromatic heterocycles. The lowest BCUT2D eigenvalue weighted by Crippen LogP contribution is -2.47. The molecule has 2 saturated heterocycles. The van der Waals surface area contributed by atoms with Crippen LogP contribution in [0, 0.1) is 0 Å². The quantitative estimate of drug-likeness (QED) is 0.718. The Labute approximate surface area is 99.9 Å². The summed E-state index contributed by atoms with van der Waals surface area (Å²) in [6.45, 7) is 2.71. The molecule has 1 atom stereocenters. The van der Waals surface area contributed by atoms with E-state index in [0.29, 0.717) is 31.0 Å². The predicted molar refractivity (Wildman–Crippen MR) is 63.2 cm³/mol. The number of halogens is 1. The van der Waals surface area contributed by atoms with Crippen molar-refractivity contribution < 1.29 is 8.42 Å². The Hall–Kier alpha value is 0.350. The van der Waals surface area contributed by atoms with E-state index in [1.54, 1.807) is 8.61 Å². The Kier molecular flexibility index (Phi) is 3.70. The van der Waals surface area contributed by atoms with Gasteiger partial charge in [0.25, 0.3) is 10.2 Å². The van der Waals surface area contributed by atoms with Crippen LogP contribution >= 0.6 is 15.9 Å². The van der Waals surface area contributed by atoms with Crippen molar-refractivity contribution >= 4 is 26.1 Å². The van der Waals surface area contributed by atoms with Gasteiger partial charge in [0.1, 0.15) is 0 Å². The molecule has 0 aromatic carbocycles. The highest BCUT2D eigenvalue weighted by atomic mass is 79.9. The normalized spacial score (nSPS) is 30.9. The average molecular weight is 297 g/mol. The van der Waals surface area contributed by atoms with Gasteiger partial charge in [0.15, 0.2) is 0 Å². The van der Waals surface area contributed by atoms with E-state index in [4.69, 9.17) is 0 Å². The standard InChI is InChI=1S/C9H17BrN2O2S/c10-9-4-3-7-12(8-9)15(13,14)11-5-1-2-6-11/h9H,1-8H2. The summed E-state index contributed by atoms with van der Waals surface area (Å²) in [5.41, 5.74) is 0. The average Bonchev–Trinajstić information content (AvgIpc) is 2.71. The molecule has 2 fully saturated rings. The molecule has 2 rings (SSSR count). The van der Waals surface area contributed by atoms with Crippen molar-refractivity contribution in [3.8, 4) is 0 Å². The van der Waals surface area contributed by atoms with Gasteiger partial charge in [0.2, 0.25) is 0 Å². The van der Waals surface area contributed by atoms with Crippen molar-refractivity contribution in [3.63, 3.8) is 0 Å². The van der Waals surface area contributed by atoms with E-state index >= 15 is 0 Å². The molecule has 2 aliphatic heterocycles. The minimum atomic E-state index is -3.16. The van der Waals surface area contributed by atoms with Gasteiger partial charge in [-0.05, 0) is 25.7 Å². The molecule has 4 nitrogen and oxygen atoms in total. The third kappa shape index (κ3) is 2.54. The van der Waals surface area contributed by atoms with E-state index in [0.717, 1.165) is 25.7 Å². The summed E-state index contributed by atoms with van der Waals surface area (Å²) in [7, 11) is -3.16. The van der Waals surface area contributed by atoms with Crippen LogP contribution in [0.3, 0.4) is 0 Å². The van der Waals surface area contributed by atoms with Crippen LogP contribution in [-0.4, -0.2) is 48.0 Å². The van der Waals surface area contributed by atoms with Gasteiger partial charge in [-0.3, -0.25) is 0 Å². The second kappa shape index (κ2) is 4.69. The Balaban J connectivity index is 2.07. The first kappa shape index (κ1) is 11.8. The summed E-state index contributed by atoms with van der Waals surface area (Å²) in [5.74, 6) is 0. The maximum absolute atomic E-state index is 12.2. The van der Waals surface area contributed by atoms with E-state index in [9.17, 15) is 8.42 Å². The number of hydrogen-bond acceptors (Lipinski definition) is 2. The van der Waals surface area contributed by atoms with E-state index in [1.165, 1.54) is 0 Å². The molecule has 2 aliphatic rings. The monoisotopic (exact) mass is 296 g/mol. The van der Waals surface area contributed by atoms with E-state index in [-0.39, 0.29) is 0 Å². The highest BCUT2D eigenvalue weighted by molar-refractivity contribution is 9.09. The van der Waals surface area contributed by atoms with Gasteiger partial charge < -0.3 is 0 Å². The smallest absolute Gasteiger partial charge is 0.195 e. The zero-order valence-corrected chi connectivity index (χ0v) is 11.1. The summed E-state index contributed by atoms with van der Waals surface area (Å²) in [5, 5.41) is 0. The molecule has 0 aromatic rings. The summed E-state index contributed by atoms with van der Waals surface area (Å²) in [6.07, 6.45) is 4.05. The number of piperidine rings is 1. The first-order valence-corrected chi connectivity index (χ1v) is 7.81. The highest BCUT2D eigenvalue weighted by Crippen LogP contribution is 2.23.